The molecule has 1 heterocycles. The number of hydrogen-bond acceptors (Lipinski definition) is 5. The van der Waals surface area contributed by atoms with Crippen molar-refractivity contribution in [2.75, 3.05) is 25.1 Å². The van der Waals surface area contributed by atoms with Crippen molar-refractivity contribution in [2.24, 2.45) is 5.41 Å². The quantitative estimate of drug-likeness (QED) is 0.223. The third-order valence-electron chi connectivity index (χ3n) is 4.36. The van der Waals surface area contributed by atoms with Gasteiger partial charge in [-0.1, -0.05) is 46.6 Å². The first-order valence-corrected chi connectivity index (χ1v) is 10.6. The normalized spacial score (nSPS) is 11.2. The maximum absolute atomic E-state index is 11.8. The van der Waals surface area contributed by atoms with Gasteiger partial charge in [0.15, 0.2) is 0 Å². The molecular formula is C22H30BrN2O4+. The summed E-state index contributed by atoms with van der Waals surface area (Å²) in [4.78, 5) is 11.8. The van der Waals surface area contributed by atoms with E-state index in [9.17, 15) is 10.0 Å². The lowest BCUT2D eigenvalue weighted by molar-refractivity contribution is -0.893. The van der Waals surface area contributed by atoms with Gasteiger partial charge in [-0.2, -0.15) is 0 Å². The number of benzene rings is 1. The Morgan fingerprint density at radius 2 is 2.07 bits per heavy atom. The Bertz CT molecular complexity index is 811. The Balaban J connectivity index is 1.80. The average Bonchev–Trinajstić information content (AvgIpc) is 2.64. The maximum atomic E-state index is 11.8. The van der Waals surface area contributed by atoms with Crippen LogP contribution in [0.5, 0.6) is 5.75 Å². The fourth-order valence-electron chi connectivity index (χ4n) is 3.00. The molecular weight excluding hydrogens is 436 g/mol. The van der Waals surface area contributed by atoms with E-state index in [1.54, 1.807) is 18.3 Å². The van der Waals surface area contributed by atoms with Gasteiger partial charge < -0.3 is 14.7 Å². The van der Waals surface area contributed by atoms with Crippen molar-refractivity contribution in [1.82, 2.24) is 0 Å². The molecule has 0 radical (unpaired) electrons. The molecule has 1 aromatic heterocycles. The first-order valence-electron chi connectivity index (χ1n) is 9.81. The van der Waals surface area contributed by atoms with Crippen molar-refractivity contribution in [3.8, 4) is 5.75 Å². The van der Waals surface area contributed by atoms with Gasteiger partial charge in [-0.05, 0) is 42.5 Å². The predicted octanol–water partition coefficient (Wildman–Crippen LogP) is 4.38. The molecule has 0 unspecified atom stereocenters. The summed E-state index contributed by atoms with van der Waals surface area (Å²) in [5, 5.41) is 12.8. The molecule has 0 amide bonds. The zero-order valence-corrected chi connectivity index (χ0v) is 18.9. The molecule has 0 atom stereocenters. The van der Waals surface area contributed by atoms with E-state index in [2.05, 4.69) is 35.1 Å². The molecule has 0 saturated heterocycles. The van der Waals surface area contributed by atoms with E-state index in [-0.39, 0.29) is 11.4 Å². The highest BCUT2D eigenvalue weighted by Gasteiger charge is 2.24. The standard InChI is InChI=1S/C22H29BrN2O4/c1-4-28-21(26)16-22(2,3)15-17-9-10-18(14-19(17)23)29-13-7-11-24-20-8-5-6-12-25(20)27/h5-6,8-10,12,14,27H,4,7,11,13,15-16H2,1-3H3/p+1. The number of ether oxygens (including phenoxy) is 2. The van der Waals surface area contributed by atoms with E-state index in [1.807, 2.05) is 31.2 Å². The molecule has 6 nitrogen and oxygen atoms in total. The molecule has 2 rings (SSSR count). The van der Waals surface area contributed by atoms with Crippen LogP contribution in [-0.2, 0) is 16.0 Å². The van der Waals surface area contributed by atoms with E-state index >= 15 is 0 Å². The number of rotatable bonds is 11. The average molecular weight is 466 g/mol. The summed E-state index contributed by atoms with van der Waals surface area (Å²) in [7, 11) is 0. The van der Waals surface area contributed by atoms with Crippen molar-refractivity contribution in [3.05, 3.63) is 52.6 Å². The molecule has 0 bridgehead atoms. The number of nitrogens with zero attached hydrogens (tertiary/aromatic N) is 1. The summed E-state index contributed by atoms with van der Waals surface area (Å²) in [5.41, 5.74) is 0.939. The summed E-state index contributed by atoms with van der Waals surface area (Å²) in [6.07, 6.45) is 3.51. The number of nitrogens with one attached hydrogen (secondary N) is 1. The largest absolute Gasteiger partial charge is 0.493 e. The Labute approximate surface area is 180 Å². The number of esters is 1. The van der Waals surface area contributed by atoms with Gasteiger partial charge in [0.1, 0.15) is 11.9 Å². The van der Waals surface area contributed by atoms with Crippen molar-refractivity contribution in [1.29, 1.82) is 0 Å². The van der Waals surface area contributed by atoms with Crippen LogP contribution in [0.4, 0.5) is 5.82 Å². The highest BCUT2D eigenvalue weighted by Crippen LogP contribution is 2.32. The molecule has 0 aliphatic heterocycles. The number of halogens is 1. The lowest BCUT2D eigenvalue weighted by Gasteiger charge is -2.24. The van der Waals surface area contributed by atoms with Crippen LogP contribution in [0.15, 0.2) is 47.1 Å². The maximum Gasteiger partial charge on any atom is 0.313 e. The topological polar surface area (TPSA) is 71.7 Å². The molecule has 1 aromatic carbocycles. The Morgan fingerprint density at radius 3 is 2.76 bits per heavy atom. The first kappa shape index (κ1) is 23.0. The number of carbonyl (C=O) groups is 1. The van der Waals surface area contributed by atoms with Gasteiger partial charge in [0.05, 0.1) is 26.2 Å². The van der Waals surface area contributed by atoms with Crippen molar-refractivity contribution < 1.29 is 24.2 Å². The fraction of sp³-hybridized carbons (Fsp3) is 0.455. The number of carbonyl (C=O) groups excluding carboxylic acids is 1. The van der Waals surface area contributed by atoms with Crippen LogP contribution in [0.2, 0.25) is 0 Å². The summed E-state index contributed by atoms with van der Waals surface area (Å²) in [5.74, 6) is 1.27. The summed E-state index contributed by atoms with van der Waals surface area (Å²) < 4.78 is 12.9. The monoisotopic (exact) mass is 465 g/mol. The van der Waals surface area contributed by atoms with Gasteiger partial charge in [-0.15, -0.1) is 0 Å². The summed E-state index contributed by atoms with van der Waals surface area (Å²) in [6.45, 7) is 7.61. The van der Waals surface area contributed by atoms with Crippen LogP contribution >= 0.6 is 15.9 Å². The zero-order valence-electron chi connectivity index (χ0n) is 17.3. The van der Waals surface area contributed by atoms with Crippen LogP contribution in [0.25, 0.3) is 0 Å². The molecule has 2 N–H and O–H groups in total. The van der Waals surface area contributed by atoms with Gasteiger partial charge in [-0.25, -0.2) is 0 Å². The fourth-order valence-corrected chi connectivity index (χ4v) is 3.49. The van der Waals surface area contributed by atoms with Crippen molar-refractivity contribution in [2.45, 2.75) is 40.0 Å². The summed E-state index contributed by atoms with van der Waals surface area (Å²) in [6, 6.07) is 11.4. The van der Waals surface area contributed by atoms with Gasteiger partial charge in [0, 0.05) is 17.0 Å². The number of aromatic nitrogens is 1. The molecule has 0 spiro atoms. The highest BCUT2D eigenvalue weighted by atomic mass is 79.9. The summed E-state index contributed by atoms with van der Waals surface area (Å²) >= 11 is 3.62. The minimum absolute atomic E-state index is 0.163. The van der Waals surface area contributed by atoms with Gasteiger partial charge in [0.2, 0.25) is 0 Å². The molecule has 0 aliphatic rings. The van der Waals surface area contributed by atoms with Crippen molar-refractivity contribution >= 4 is 27.7 Å². The number of hydrogen-bond donors (Lipinski definition) is 2. The number of anilines is 1. The van der Waals surface area contributed by atoms with Crippen LogP contribution in [-0.4, -0.2) is 30.9 Å². The smallest absolute Gasteiger partial charge is 0.313 e. The molecule has 0 aliphatic carbocycles. The van der Waals surface area contributed by atoms with Gasteiger partial charge in [0.25, 0.3) is 0 Å². The Kier molecular flexibility index (Phi) is 8.76. The molecule has 29 heavy (non-hydrogen) atoms. The van der Waals surface area contributed by atoms with E-state index in [4.69, 9.17) is 9.47 Å². The van der Waals surface area contributed by atoms with Crippen LogP contribution in [0.1, 0.15) is 39.2 Å². The second-order valence-corrected chi connectivity index (χ2v) is 8.49. The minimum atomic E-state index is -0.191. The van der Waals surface area contributed by atoms with E-state index < -0.39 is 0 Å². The predicted molar refractivity (Wildman–Crippen MR) is 115 cm³/mol. The van der Waals surface area contributed by atoms with E-state index in [0.717, 1.165) is 33.4 Å². The first-order chi connectivity index (χ1) is 13.8. The molecule has 0 fully saturated rings. The Hall–Kier alpha value is -2.28. The molecule has 2 aromatic rings. The molecule has 7 heteroatoms. The van der Waals surface area contributed by atoms with Crippen LogP contribution in [0.3, 0.4) is 0 Å². The minimum Gasteiger partial charge on any atom is -0.493 e. The lowest BCUT2D eigenvalue weighted by Crippen LogP contribution is -2.33. The van der Waals surface area contributed by atoms with E-state index in [0.29, 0.717) is 32.0 Å². The van der Waals surface area contributed by atoms with Crippen molar-refractivity contribution in [3.63, 3.8) is 0 Å². The third-order valence-corrected chi connectivity index (χ3v) is 5.10. The Morgan fingerprint density at radius 1 is 1.28 bits per heavy atom. The zero-order chi connectivity index (χ0) is 21.3. The second-order valence-electron chi connectivity index (χ2n) is 7.64. The van der Waals surface area contributed by atoms with E-state index in [1.165, 1.54) is 0 Å². The third kappa shape index (κ3) is 7.93. The molecule has 0 saturated carbocycles. The van der Waals surface area contributed by atoms with Gasteiger partial charge >= 0.3 is 11.8 Å². The van der Waals surface area contributed by atoms with Crippen LogP contribution < -0.4 is 14.8 Å². The van der Waals surface area contributed by atoms with Crippen LogP contribution in [0, 0.1) is 5.41 Å². The lowest BCUT2D eigenvalue weighted by atomic mass is 9.83. The number of pyridine rings is 1. The highest BCUT2D eigenvalue weighted by molar-refractivity contribution is 9.10. The second kappa shape index (κ2) is 11.0. The SMILES string of the molecule is CCOC(=O)CC(C)(C)Cc1ccc(OCCCNc2cccc[n+]2O)cc1Br. The molecule has 158 valence electrons. The van der Waals surface area contributed by atoms with Gasteiger partial charge in [-0.3, -0.25) is 10.1 Å².